The molecule has 0 bridgehead atoms. The van der Waals surface area contributed by atoms with E-state index in [1.54, 1.807) is 6.07 Å². The number of carbonyl (C=O) groups is 1. The van der Waals surface area contributed by atoms with Crippen LogP contribution in [0.2, 0.25) is 5.15 Å². The molecule has 0 spiro atoms. The molecule has 0 fully saturated rings. The zero-order valence-corrected chi connectivity index (χ0v) is 8.47. The molecule has 1 aromatic heterocycles. The second-order valence-electron chi connectivity index (χ2n) is 2.79. The maximum Gasteiger partial charge on any atom is 0.309 e. The third-order valence-electron chi connectivity index (χ3n) is 1.70. The molecule has 70 valence electrons. The van der Waals surface area contributed by atoms with Crippen molar-refractivity contribution in [2.75, 3.05) is 0 Å². The summed E-state index contributed by atoms with van der Waals surface area (Å²) in [6, 6.07) is 1.73. The van der Waals surface area contributed by atoms with Gasteiger partial charge in [0.1, 0.15) is 5.15 Å². The fourth-order valence-corrected chi connectivity index (χ4v) is 1.14. The van der Waals surface area contributed by atoms with E-state index in [-0.39, 0.29) is 5.88 Å². The molecule has 0 aliphatic heterocycles. The van der Waals surface area contributed by atoms with Crippen molar-refractivity contribution in [2.24, 2.45) is 0 Å². The molecule has 0 amide bonds. The van der Waals surface area contributed by atoms with Crippen LogP contribution in [0.15, 0.2) is 6.07 Å². The van der Waals surface area contributed by atoms with E-state index in [0.29, 0.717) is 5.15 Å². The van der Waals surface area contributed by atoms with Gasteiger partial charge in [-0.2, -0.15) is 0 Å². The molecule has 0 saturated heterocycles. The van der Waals surface area contributed by atoms with Gasteiger partial charge in [-0.05, 0) is 25.5 Å². The van der Waals surface area contributed by atoms with Gasteiger partial charge in [-0.3, -0.25) is 4.79 Å². The average molecular weight is 200 g/mol. The Kier molecular flexibility index (Phi) is 2.88. The zero-order valence-electron chi connectivity index (χ0n) is 7.72. The quantitative estimate of drug-likeness (QED) is 0.515. The molecule has 0 unspecified atom stereocenters. The molecule has 1 heterocycles. The molecule has 1 rings (SSSR count). The lowest BCUT2D eigenvalue weighted by molar-refractivity contribution is -0.132. The van der Waals surface area contributed by atoms with Crippen LogP contribution in [0.5, 0.6) is 5.88 Å². The Morgan fingerprint density at radius 2 is 2.15 bits per heavy atom. The SMILES string of the molecule is CC(=O)Oc1nc(Cl)cc(C)c1C. The van der Waals surface area contributed by atoms with Crippen molar-refractivity contribution in [1.82, 2.24) is 4.98 Å². The minimum Gasteiger partial charge on any atom is -0.407 e. The van der Waals surface area contributed by atoms with E-state index in [1.165, 1.54) is 6.92 Å². The van der Waals surface area contributed by atoms with Crippen LogP contribution in [0.4, 0.5) is 0 Å². The molecule has 0 aliphatic rings. The number of nitrogens with zero attached hydrogens (tertiary/aromatic N) is 1. The molecular formula is C9H10ClNO2. The van der Waals surface area contributed by atoms with Gasteiger partial charge >= 0.3 is 5.97 Å². The van der Waals surface area contributed by atoms with Crippen LogP contribution >= 0.6 is 11.6 Å². The van der Waals surface area contributed by atoms with Crippen molar-refractivity contribution < 1.29 is 9.53 Å². The van der Waals surface area contributed by atoms with Crippen LogP contribution in [0.3, 0.4) is 0 Å². The van der Waals surface area contributed by atoms with Crippen LogP contribution in [-0.4, -0.2) is 11.0 Å². The third-order valence-corrected chi connectivity index (χ3v) is 1.89. The van der Waals surface area contributed by atoms with Gasteiger partial charge in [0.05, 0.1) is 0 Å². The highest BCUT2D eigenvalue weighted by atomic mass is 35.5. The number of halogens is 1. The molecule has 13 heavy (non-hydrogen) atoms. The molecule has 0 aliphatic carbocycles. The van der Waals surface area contributed by atoms with Crippen molar-refractivity contribution in [3.05, 3.63) is 22.3 Å². The fourth-order valence-electron chi connectivity index (χ4n) is 0.904. The van der Waals surface area contributed by atoms with E-state index >= 15 is 0 Å². The highest BCUT2D eigenvalue weighted by Crippen LogP contribution is 2.21. The molecule has 0 radical (unpaired) electrons. The number of pyridine rings is 1. The first kappa shape index (κ1) is 9.99. The van der Waals surface area contributed by atoms with E-state index in [0.717, 1.165) is 11.1 Å². The first-order valence-electron chi connectivity index (χ1n) is 3.83. The maximum atomic E-state index is 10.7. The number of aryl methyl sites for hydroxylation is 1. The Hall–Kier alpha value is -1.09. The van der Waals surface area contributed by atoms with Crippen LogP contribution in [0.25, 0.3) is 0 Å². The molecule has 0 saturated carbocycles. The van der Waals surface area contributed by atoms with Crippen LogP contribution in [0, 0.1) is 13.8 Å². The van der Waals surface area contributed by atoms with Gasteiger partial charge in [-0.25, -0.2) is 4.98 Å². The second-order valence-corrected chi connectivity index (χ2v) is 3.17. The Bertz CT molecular complexity index is 350. The number of carbonyl (C=O) groups excluding carboxylic acids is 1. The lowest BCUT2D eigenvalue weighted by atomic mass is 10.2. The van der Waals surface area contributed by atoms with Crippen LogP contribution in [0.1, 0.15) is 18.1 Å². The normalized spacial score (nSPS) is 9.85. The number of aromatic nitrogens is 1. The number of hydrogen-bond donors (Lipinski definition) is 0. The Labute approximate surface area is 81.7 Å². The zero-order chi connectivity index (χ0) is 10.0. The topological polar surface area (TPSA) is 39.2 Å². The minimum atomic E-state index is -0.391. The predicted octanol–water partition coefficient (Wildman–Crippen LogP) is 2.28. The highest BCUT2D eigenvalue weighted by Gasteiger charge is 2.08. The number of hydrogen-bond acceptors (Lipinski definition) is 3. The van der Waals surface area contributed by atoms with Crippen molar-refractivity contribution in [2.45, 2.75) is 20.8 Å². The molecular weight excluding hydrogens is 190 g/mol. The Morgan fingerprint density at radius 1 is 1.54 bits per heavy atom. The Morgan fingerprint density at radius 3 is 2.69 bits per heavy atom. The number of esters is 1. The summed E-state index contributed by atoms with van der Waals surface area (Å²) in [5, 5.41) is 0.333. The predicted molar refractivity (Wildman–Crippen MR) is 50.0 cm³/mol. The third kappa shape index (κ3) is 2.42. The summed E-state index contributed by atoms with van der Waals surface area (Å²) in [6.45, 7) is 5.05. The summed E-state index contributed by atoms with van der Waals surface area (Å²) in [5.74, 6) is -0.102. The van der Waals surface area contributed by atoms with Gasteiger partial charge in [0.15, 0.2) is 0 Å². The molecule has 0 aromatic carbocycles. The van der Waals surface area contributed by atoms with Crippen molar-refractivity contribution in [3.63, 3.8) is 0 Å². The van der Waals surface area contributed by atoms with Gasteiger partial charge in [-0.1, -0.05) is 11.6 Å². The fraction of sp³-hybridized carbons (Fsp3) is 0.333. The van der Waals surface area contributed by atoms with E-state index in [2.05, 4.69) is 4.98 Å². The van der Waals surface area contributed by atoms with Crippen LogP contribution < -0.4 is 4.74 Å². The standard InChI is InChI=1S/C9H10ClNO2/c1-5-4-8(10)11-9(6(5)2)13-7(3)12/h4H,1-3H3. The van der Waals surface area contributed by atoms with E-state index in [1.807, 2.05) is 13.8 Å². The van der Waals surface area contributed by atoms with Gasteiger partial charge in [-0.15, -0.1) is 0 Å². The average Bonchev–Trinajstić information content (AvgIpc) is 1.98. The van der Waals surface area contributed by atoms with Crippen molar-refractivity contribution in [1.29, 1.82) is 0 Å². The lowest BCUT2D eigenvalue weighted by Crippen LogP contribution is -2.05. The first-order chi connectivity index (χ1) is 6.00. The highest BCUT2D eigenvalue weighted by molar-refractivity contribution is 6.29. The summed E-state index contributed by atoms with van der Waals surface area (Å²) >= 11 is 5.70. The van der Waals surface area contributed by atoms with E-state index in [4.69, 9.17) is 16.3 Å². The minimum absolute atomic E-state index is 0.289. The number of rotatable bonds is 1. The van der Waals surface area contributed by atoms with Crippen molar-refractivity contribution in [3.8, 4) is 5.88 Å². The molecule has 1 aromatic rings. The summed E-state index contributed by atoms with van der Waals surface area (Å²) < 4.78 is 4.87. The molecule has 0 atom stereocenters. The monoisotopic (exact) mass is 199 g/mol. The van der Waals surface area contributed by atoms with Gasteiger partial charge in [0.2, 0.25) is 5.88 Å². The van der Waals surface area contributed by atoms with Crippen molar-refractivity contribution >= 4 is 17.6 Å². The van der Waals surface area contributed by atoms with Crippen LogP contribution in [-0.2, 0) is 4.79 Å². The molecule has 0 N–H and O–H groups in total. The van der Waals surface area contributed by atoms with Gasteiger partial charge in [0.25, 0.3) is 0 Å². The second kappa shape index (κ2) is 3.75. The summed E-state index contributed by atoms with van der Waals surface area (Å²) in [5.41, 5.74) is 1.79. The lowest BCUT2D eigenvalue weighted by Gasteiger charge is -2.06. The summed E-state index contributed by atoms with van der Waals surface area (Å²) in [6.07, 6.45) is 0. The molecule has 4 heteroatoms. The summed E-state index contributed by atoms with van der Waals surface area (Å²) in [4.78, 5) is 14.6. The first-order valence-corrected chi connectivity index (χ1v) is 4.20. The van der Waals surface area contributed by atoms with E-state index in [9.17, 15) is 4.79 Å². The molecule has 3 nitrogen and oxygen atoms in total. The van der Waals surface area contributed by atoms with Gasteiger partial charge in [0, 0.05) is 12.5 Å². The van der Waals surface area contributed by atoms with E-state index < -0.39 is 5.97 Å². The largest absolute Gasteiger partial charge is 0.407 e. The summed E-state index contributed by atoms with van der Waals surface area (Å²) in [7, 11) is 0. The number of ether oxygens (including phenoxy) is 1. The smallest absolute Gasteiger partial charge is 0.309 e. The Balaban J connectivity index is 3.12. The van der Waals surface area contributed by atoms with Gasteiger partial charge < -0.3 is 4.74 Å². The maximum absolute atomic E-state index is 10.7.